The van der Waals surface area contributed by atoms with Crippen molar-refractivity contribution < 1.29 is 4.74 Å². The van der Waals surface area contributed by atoms with Gasteiger partial charge in [-0.15, -0.1) is 0 Å². The number of ether oxygens (including phenoxy) is 1. The van der Waals surface area contributed by atoms with Crippen molar-refractivity contribution in [1.29, 1.82) is 0 Å². The Morgan fingerprint density at radius 1 is 0.422 bits per heavy atom. The van der Waals surface area contributed by atoms with E-state index in [1.807, 2.05) is 7.05 Å². The first-order chi connectivity index (χ1) is 22.3. The van der Waals surface area contributed by atoms with Gasteiger partial charge in [-0.1, -0.05) is 182 Å². The van der Waals surface area contributed by atoms with Gasteiger partial charge in [-0.05, 0) is 33.4 Å². The van der Waals surface area contributed by atoms with E-state index in [4.69, 9.17) is 9.73 Å². The van der Waals surface area contributed by atoms with Crippen molar-refractivity contribution in [3.8, 4) is 0 Å². The summed E-state index contributed by atoms with van der Waals surface area (Å²) in [6, 6.07) is 63.9. The van der Waals surface area contributed by atoms with Crippen LogP contribution in [-0.4, -0.2) is 19.9 Å². The zero-order valence-corrected chi connectivity index (χ0v) is 25.8. The molecule has 6 rings (SSSR count). The molecule has 0 heterocycles. The van der Waals surface area contributed by atoms with Crippen LogP contribution < -0.4 is 0 Å². The fourth-order valence-electron chi connectivity index (χ4n) is 6.78. The standard InChI is InChI=1S/C43H37NO/c1-44-40(42(34-21-9-3-10-22-34,35-23-11-4-12-24-35)36-25-13-5-14-26-36)33-41(45-2)43(37-27-15-6-16-28-37,38-29-17-7-18-30-38)39-31-19-8-20-32-39/h3-33H,1-2H3/b41-33-,44-40-. The monoisotopic (exact) mass is 583 g/mol. The van der Waals surface area contributed by atoms with Crippen LogP contribution in [0.4, 0.5) is 0 Å². The van der Waals surface area contributed by atoms with Crippen LogP contribution in [0, 0.1) is 0 Å². The molecule has 0 saturated carbocycles. The lowest BCUT2D eigenvalue weighted by Gasteiger charge is -2.40. The highest BCUT2D eigenvalue weighted by atomic mass is 16.5. The molecule has 220 valence electrons. The molecule has 0 aliphatic carbocycles. The fourth-order valence-corrected chi connectivity index (χ4v) is 6.78. The maximum absolute atomic E-state index is 6.59. The summed E-state index contributed by atoms with van der Waals surface area (Å²) < 4.78 is 6.59. The van der Waals surface area contributed by atoms with Gasteiger partial charge >= 0.3 is 0 Å². The van der Waals surface area contributed by atoms with Gasteiger partial charge in [-0.25, -0.2) is 0 Å². The lowest BCUT2D eigenvalue weighted by atomic mass is 9.64. The average Bonchev–Trinajstić information content (AvgIpc) is 3.13. The molecule has 0 radical (unpaired) electrons. The molecule has 0 aromatic heterocycles. The normalized spacial score (nSPS) is 12.5. The molecule has 0 atom stereocenters. The van der Waals surface area contributed by atoms with Crippen molar-refractivity contribution in [2.24, 2.45) is 4.99 Å². The second-order valence-electron chi connectivity index (χ2n) is 11.0. The van der Waals surface area contributed by atoms with Crippen LogP contribution in [-0.2, 0) is 15.6 Å². The number of methoxy groups -OCH3 is 1. The lowest BCUT2D eigenvalue weighted by molar-refractivity contribution is 0.251. The highest BCUT2D eigenvalue weighted by Gasteiger charge is 2.45. The van der Waals surface area contributed by atoms with Crippen LogP contribution in [0.15, 0.2) is 199 Å². The zero-order chi connectivity index (χ0) is 31.0. The third-order valence-electron chi connectivity index (χ3n) is 8.72. The van der Waals surface area contributed by atoms with Gasteiger partial charge in [-0.2, -0.15) is 0 Å². The zero-order valence-electron chi connectivity index (χ0n) is 25.8. The molecule has 2 nitrogen and oxygen atoms in total. The Morgan fingerprint density at radius 3 is 0.889 bits per heavy atom. The van der Waals surface area contributed by atoms with Crippen LogP contribution in [0.1, 0.15) is 33.4 Å². The molecule has 0 aliphatic rings. The van der Waals surface area contributed by atoms with E-state index in [1.54, 1.807) is 7.11 Å². The maximum Gasteiger partial charge on any atom is 0.117 e. The molecular weight excluding hydrogens is 546 g/mol. The van der Waals surface area contributed by atoms with Gasteiger partial charge in [0, 0.05) is 13.1 Å². The van der Waals surface area contributed by atoms with E-state index in [1.165, 1.54) is 0 Å². The van der Waals surface area contributed by atoms with E-state index in [2.05, 4.69) is 188 Å². The van der Waals surface area contributed by atoms with Crippen LogP contribution in [0.3, 0.4) is 0 Å². The van der Waals surface area contributed by atoms with Gasteiger partial charge in [0.25, 0.3) is 0 Å². The van der Waals surface area contributed by atoms with Gasteiger partial charge in [0.05, 0.1) is 18.2 Å². The van der Waals surface area contributed by atoms with Gasteiger partial charge < -0.3 is 4.74 Å². The molecule has 0 bridgehead atoms. The number of benzene rings is 6. The number of allylic oxidation sites excluding steroid dienone is 2. The summed E-state index contributed by atoms with van der Waals surface area (Å²) in [5.41, 5.74) is 6.08. The summed E-state index contributed by atoms with van der Waals surface area (Å²) in [4.78, 5) is 5.13. The maximum atomic E-state index is 6.59. The third kappa shape index (κ3) is 5.30. The molecule has 0 spiro atoms. The van der Waals surface area contributed by atoms with E-state index < -0.39 is 10.8 Å². The molecule has 6 aromatic carbocycles. The Balaban J connectivity index is 1.74. The Labute approximate surface area is 267 Å². The van der Waals surface area contributed by atoms with Crippen molar-refractivity contribution in [2.45, 2.75) is 10.8 Å². The summed E-state index contributed by atoms with van der Waals surface area (Å²) in [7, 11) is 3.66. The summed E-state index contributed by atoms with van der Waals surface area (Å²) in [5, 5.41) is 0. The first-order valence-corrected chi connectivity index (χ1v) is 15.3. The Morgan fingerprint density at radius 2 is 0.667 bits per heavy atom. The summed E-state index contributed by atoms with van der Waals surface area (Å²) >= 11 is 0. The van der Waals surface area contributed by atoms with Gasteiger partial charge in [0.15, 0.2) is 0 Å². The fraction of sp³-hybridized carbons (Fsp3) is 0.0930. The van der Waals surface area contributed by atoms with Crippen molar-refractivity contribution in [3.63, 3.8) is 0 Å². The second-order valence-corrected chi connectivity index (χ2v) is 11.0. The smallest absolute Gasteiger partial charge is 0.117 e. The highest BCUT2D eigenvalue weighted by molar-refractivity contribution is 6.09. The number of nitrogens with zero attached hydrogens (tertiary/aromatic N) is 1. The van der Waals surface area contributed by atoms with E-state index in [-0.39, 0.29) is 0 Å². The van der Waals surface area contributed by atoms with Crippen LogP contribution in [0.25, 0.3) is 0 Å². The molecule has 0 amide bonds. The van der Waals surface area contributed by atoms with E-state index >= 15 is 0 Å². The minimum Gasteiger partial charge on any atom is -0.499 e. The topological polar surface area (TPSA) is 21.6 Å². The predicted molar refractivity (Wildman–Crippen MR) is 187 cm³/mol. The van der Waals surface area contributed by atoms with Crippen LogP contribution >= 0.6 is 0 Å². The number of rotatable bonds is 10. The molecule has 0 unspecified atom stereocenters. The predicted octanol–water partition coefficient (Wildman–Crippen LogP) is 9.66. The Kier molecular flexibility index (Phi) is 8.84. The van der Waals surface area contributed by atoms with Gasteiger partial charge in [-0.3, -0.25) is 4.99 Å². The highest BCUT2D eigenvalue weighted by Crippen LogP contribution is 2.47. The van der Waals surface area contributed by atoms with Crippen molar-refractivity contribution in [1.82, 2.24) is 0 Å². The van der Waals surface area contributed by atoms with Crippen molar-refractivity contribution >= 4 is 5.71 Å². The molecule has 45 heavy (non-hydrogen) atoms. The molecule has 0 fully saturated rings. The largest absolute Gasteiger partial charge is 0.499 e. The molecular formula is C43H37NO. The Bertz CT molecular complexity index is 1650. The summed E-state index contributed by atoms with van der Waals surface area (Å²) in [5.74, 6) is 0.777. The summed E-state index contributed by atoms with van der Waals surface area (Å²) in [6.45, 7) is 0. The molecule has 0 aliphatic heterocycles. The summed E-state index contributed by atoms with van der Waals surface area (Å²) in [6.07, 6.45) is 2.18. The SMILES string of the molecule is C/N=C(/C=C(\OC)C(c1ccccc1)(c1ccccc1)c1ccccc1)C(c1ccccc1)(c1ccccc1)c1ccccc1. The van der Waals surface area contributed by atoms with Crippen LogP contribution in [0.5, 0.6) is 0 Å². The average molecular weight is 584 g/mol. The first kappa shape index (κ1) is 29.6. The second kappa shape index (κ2) is 13.4. The van der Waals surface area contributed by atoms with E-state index in [0.29, 0.717) is 0 Å². The third-order valence-corrected chi connectivity index (χ3v) is 8.72. The number of hydrogen-bond donors (Lipinski definition) is 0. The Hall–Kier alpha value is -5.47. The van der Waals surface area contributed by atoms with Gasteiger partial charge in [0.2, 0.25) is 0 Å². The molecule has 6 aromatic rings. The van der Waals surface area contributed by atoms with Crippen LogP contribution in [0.2, 0.25) is 0 Å². The lowest BCUT2D eigenvalue weighted by Crippen LogP contribution is -2.40. The van der Waals surface area contributed by atoms with E-state index in [9.17, 15) is 0 Å². The first-order valence-electron chi connectivity index (χ1n) is 15.3. The van der Waals surface area contributed by atoms with E-state index in [0.717, 1.165) is 44.9 Å². The molecule has 0 saturated heterocycles. The van der Waals surface area contributed by atoms with Crippen molar-refractivity contribution in [2.75, 3.05) is 14.2 Å². The van der Waals surface area contributed by atoms with Crippen molar-refractivity contribution in [3.05, 3.63) is 227 Å². The number of hydrogen-bond acceptors (Lipinski definition) is 2. The molecule has 2 heteroatoms. The minimum atomic E-state index is -0.760. The van der Waals surface area contributed by atoms with Gasteiger partial charge in [0.1, 0.15) is 11.2 Å². The quantitative estimate of drug-likeness (QED) is 0.0894. The molecule has 0 N–H and O–H groups in total. The number of aliphatic imine (C=N–C) groups is 1. The minimum absolute atomic E-state index is 0.724.